The molecule has 16 heavy (non-hydrogen) atoms. The second-order valence-electron chi connectivity index (χ2n) is 3.92. The lowest BCUT2D eigenvalue weighted by molar-refractivity contribution is 0.194. The van der Waals surface area contributed by atoms with Gasteiger partial charge < -0.3 is 14.6 Å². The Hall–Kier alpha value is -1.22. The maximum absolute atomic E-state index is 9.42. The highest BCUT2D eigenvalue weighted by molar-refractivity contribution is 5.46. The fourth-order valence-corrected chi connectivity index (χ4v) is 1.68. The quantitative estimate of drug-likeness (QED) is 0.834. The Labute approximate surface area is 97.0 Å². The fourth-order valence-electron chi connectivity index (χ4n) is 1.68. The average molecular weight is 224 g/mol. The zero-order valence-corrected chi connectivity index (χ0v) is 10.4. The van der Waals surface area contributed by atoms with Crippen molar-refractivity contribution in [2.45, 2.75) is 33.3 Å². The summed E-state index contributed by atoms with van der Waals surface area (Å²) in [5, 5.41) is 9.42. The Balaban J connectivity index is 3.07. The van der Waals surface area contributed by atoms with Crippen LogP contribution in [0.3, 0.4) is 0 Å². The van der Waals surface area contributed by atoms with E-state index in [4.69, 9.17) is 9.47 Å². The second-order valence-corrected chi connectivity index (χ2v) is 3.92. The largest absolute Gasteiger partial charge is 0.496 e. The van der Waals surface area contributed by atoms with Gasteiger partial charge in [-0.2, -0.15) is 0 Å². The van der Waals surface area contributed by atoms with Crippen molar-refractivity contribution < 1.29 is 14.6 Å². The third-order valence-electron chi connectivity index (χ3n) is 2.39. The van der Waals surface area contributed by atoms with Gasteiger partial charge in [0, 0.05) is 12.0 Å². The molecule has 0 bridgehead atoms. The first kappa shape index (κ1) is 12.8. The van der Waals surface area contributed by atoms with Crippen LogP contribution < -0.4 is 9.47 Å². The van der Waals surface area contributed by atoms with E-state index in [9.17, 15) is 5.11 Å². The number of hydrogen-bond acceptors (Lipinski definition) is 3. The number of ether oxygens (including phenoxy) is 2. The van der Waals surface area contributed by atoms with E-state index in [0.29, 0.717) is 13.0 Å². The Morgan fingerprint density at radius 3 is 2.50 bits per heavy atom. The molecule has 0 aromatic heterocycles. The lowest BCUT2D eigenvalue weighted by Crippen LogP contribution is -2.07. The molecule has 0 radical (unpaired) electrons. The van der Waals surface area contributed by atoms with Gasteiger partial charge in [-0.25, -0.2) is 0 Å². The molecule has 1 rings (SSSR count). The van der Waals surface area contributed by atoms with Crippen molar-refractivity contribution in [3.63, 3.8) is 0 Å². The molecule has 0 aliphatic rings. The van der Waals surface area contributed by atoms with E-state index in [1.165, 1.54) is 0 Å². The Morgan fingerprint density at radius 1 is 1.31 bits per heavy atom. The molecule has 1 atom stereocenters. The predicted octanol–water partition coefficient (Wildman–Crippen LogP) is 2.33. The number of aliphatic hydroxyl groups excluding tert-OH is 1. The SMILES string of the molecule is CCOc1cc(CC(C)O)c(OC)cc1C. The maximum Gasteiger partial charge on any atom is 0.122 e. The molecule has 0 amide bonds. The van der Waals surface area contributed by atoms with Crippen LogP contribution in [0.2, 0.25) is 0 Å². The van der Waals surface area contributed by atoms with E-state index in [1.54, 1.807) is 14.0 Å². The van der Waals surface area contributed by atoms with Crippen LogP contribution in [-0.4, -0.2) is 24.9 Å². The van der Waals surface area contributed by atoms with Crippen molar-refractivity contribution in [2.75, 3.05) is 13.7 Å². The monoisotopic (exact) mass is 224 g/mol. The maximum atomic E-state index is 9.42. The summed E-state index contributed by atoms with van der Waals surface area (Å²) in [6.07, 6.45) is 0.190. The molecule has 0 saturated heterocycles. The molecule has 0 saturated carbocycles. The highest BCUT2D eigenvalue weighted by Gasteiger charge is 2.10. The minimum Gasteiger partial charge on any atom is -0.496 e. The van der Waals surface area contributed by atoms with E-state index in [2.05, 4.69) is 0 Å². The van der Waals surface area contributed by atoms with Gasteiger partial charge in [-0.1, -0.05) is 0 Å². The standard InChI is InChI=1S/C13H20O3/c1-5-16-12-8-11(7-10(3)14)13(15-4)6-9(12)2/h6,8,10,14H,5,7H2,1-4H3. The first-order valence-corrected chi connectivity index (χ1v) is 5.56. The Bertz CT molecular complexity index is 345. The van der Waals surface area contributed by atoms with E-state index in [0.717, 1.165) is 22.6 Å². The molecule has 90 valence electrons. The molecule has 0 aliphatic carbocycles. The third kappa shape index (κ3) is 3.14. The van der Waals surface area contributed by atoms with E-state index < -0.39 is 0 Å². The van der Waals surface area contributed by atoms with Crippen LogP contribution >= 0.6 is 0 Å². The van der Waals surface area contributed by atoms with E-state index in [1.807, 2.05) is 26.0 Å². The van der Waals surface area contributed by atoms with Crippen LogP contribution in [0.15, 0.2) is 12.1 Å². The van der Waals surface area contributed by atoms with Crippen LogP contribution in [0.5, 0.6) is 11.5 Å². The predicted molar refractivity (Wildman–Crippen MR) is 64.3 cm³/mol. The number of benzene rings is 1. The minimum absolute atomic E-state index is 0.383. The molecule has 0 heterocycles. The highest BCUT2D eigenvalue weighted by Crippen LogP contribution is 2.29. The summed E-state index contributed by atoms with van der Waals surface area (Å²) in [7, 11) is 1.64. The summed E-state index contributed by atoms with van der Waals surface area (Å²) in [5.74, 6) is 1.67. The lowest BCUT2D eigenvalue weighted by atomic mass is 10.0. The zero-order chi connectivity index (χ0) is 12.1. The number of rotatable bonds is 5. The Kier molecular flexibility index (Phi) is 4.62. The van der Waals surface area contributed by atoms with Gasteiger partial charge in [0.05, 0.1) is 19.8 Å². The van der Waals surface area contributed by atoms with Crippen LogP contribution in [0, 0.1) is 6.92 Å². The zero-order valence-electron chi connectivity index (χ0n) is 10.4. The van der Waals surface area contributed by atoms with Crippen molar-refractivity contribution in [3.05, 3.63) is 23.3 Å². The molecule has 1 aromatic carbocycles. The molecule has 1 unspecified atom stereocenters. The van der Waals surface area contributed by atoms with Crippen molar-refractivity contribution in [1.29, 1.82) is 0 Å². The molecular formula is C13H20O3. The van der Waals surface area contributed by atoms with Crippen LogP contribution in [0.4, 0.5) is 0 Å². The first-order valence-electron chi connectivity index (χ1n) is 5.56. The normalized spacial score (nSPS) is 12.3. The van der Waals surface area contributed by atoms with E-state index >= 15 is 0 Å². The van der Waals surface area contributed by atoms with Crippen LogP contribution in [0.25, 0.3) is 0 Å². The molecule has 1 aromatic rings. The van der Waals surface area contributed by atoms with Crippen LogP contribution in [-0.2, 0) is 6.42 Å². The number of aliphatic hydroxyl groups is 1. The molecule has 3 nitrogen and oxygen atoms in total. The summed E-state index contributed by atoms with van der Waals surface area (Å²) in [6.45, 7) is 6.35. The van der Waals surface area contributed by atoms with Gasteiger partial charge in [0.15, 0.2) is 0 Å². The molecule has 0 fully saturated rings. The first-order chi connectivity index (χ1) is 7.58. The number of methoxy groups -OCH3 is 1. The van der Waals surface area contributed by atoms with Gasteiger partial charge >= 0.3 is 0 Å². The summed E-state index contributed by atoms with van der Waals surface area (Å²) in [4.78, 5) is 0. The number of aryl methyl sites for hydroxylation is 1. The van der Waals surface area contributed by atoms with Crippen LogP contribution in [0.1, 0.15) is 25.0 Å². The Morgan fingerprint density at radius 2 is 2.00 bits per heavy atom. The van der Waals surface area contributed by atoms with Gasteiger partial charge in [0.2, 0.25) is 0 Å². The second kappa shape index (κ2) is 5.75. The highest BCUT2D eigenvalue weighted by atomic mass is 16.5. The van der Waals surface area contributed by atoms with Gasteiger partial charge in [-0.05, 0) is 38.5 Å². The number of hydrogen-bond donors (Lipinski definition) is 1. The third-order valence-corrected chi connectivity index (χ3v) is 2.39. The molecule has 0 aliphatic heterocycles. The molecule has 1 N–H and O–H groups in total. The molecule has 0 spiro atoms. The van der Waals surface area contributed by atoms with Gasteiger partial charge in [0.1, 0.15) is 11.5 Å². The topological polar surface area (TPSA) is 38.7 Å². The van der Waals surface area contributed by atoms with Crippen molar-refractivity contribution in [3.8, 4) is 11.5 Å². The van der Waals surface area contributed by atoms with Gasteiger partial charge in [-0.3, -0.25) is 0 Å². The summed E-state index contributed by atoms with van der Waals surface area (Å²) in [5.41, 5.74) is 2.03. The summed E-state index contributed by atoms with van der Waals surface area (Å²) in [6, 6.07) is 3.90. The van der Waals surface area contributed by atoms with Crippen molar-refractivity contribution in [1.82, 2.24) is 0 Å². The van der Waals surface area contributed by atoms with E-state index in [-0.39, 0.29) is 6.10 Å². The molecular weight excluding hydrogens is 204 g/mol. The summed E-state index contributed by atoms with van der Waals surface area (Å²) < 4.78 is 10.8. The fraction of sp³-hybridized carbons (Fsp3) is 0.538. The van der Waals surface area contributed by atoms with Gasteiger partial charge in [0.25, 0.3) is 0 Å². The molecule has 3 heteroatoms. The summed E-state index contributed by atoms with van der Waals surface area (Å²) >= 11 is 0. The smallest absolute Gasteiger partial charge is 0.122 e. The average Bonchev–Trinajstić information content (AvgIpc) is 2.22. The lowest BCUT2D eigenvalue weighted by Gasteiger charge is -2.14. The minimum atomic E-state index is -0.383. The van der Waals surface area contributed by atoms with Gasteiger partial charge in [-0.15, -0.1) is 0 Å². The van der Waals surface area contributed by atoms with Crippen molar-refractivity contribution >= 4 is 0 Å². The van der Waals surface area contributed by atoms with Crippen molar-refractivity contribution in [2.24, 2.45) is 0 Å².